The van der Waals surface area contributed by atoms with Crippen LogP contribution in [-0.2, 0) is 13.2 Å². The zero-order valence-corrected chi connectivity index (χ0v) is 15.5. The molecule has 0 unspecified atom stereocenters. The van der Waals surface area contributed by atoms with E-state index in [1.165, 1.54) is 0 Å². The predicted molar refractivity (Wildman–Crippen MR) is 97.8 cm³/mol. The fraction of sp³-hybridized carbons (Fsp3) is 0.222. The van der Waals surface area contributed by atoms with Crippen molar-refractivity contribution in [2.75, 3.05) is 5.32 Å². The summed E-state index contributed by atoms with van der Waals surface area (Å²) in [6.45, 7) is 4.91. The van der Waals surface area contributed by atoms with Gasteiger partial charge in [0.25, 0.3) is 5.91 Å². The van der Waals surface area contributed by atoms with Gasteiger partial charge in [-0.05, 0) is 50.2 Å². The number of halogens is 1. The molecule has 7 heteroatoms. The highest BCUT2D eigenvalue weighted by atomic mass is 79.9. The van der Waals surface area contributed by atoms with Crippen LogP contribution in [0.15, 0.2) is 51.5 Å². The first kappa shape index (κ1) is 17.3. The predicted octanol–water partition coefficient (Wildman–Crippen LogP) is 4.40. The van der Waals surface area contributed by atoms with Crippen LogP contribution in [0.1, 0.15) is 28.9 Å². The monoisotopic (exact) mass is 403 g/mol. The molecule has 0 saturated heterocycles. The maximum Gasteiger partial charge on any atom is 0.291 e. The molecular weight excluding hydrogens is 386 g/mol. The number of carbonyl (C=O) groups is 1. The smallest absolute Gasteiger partial charge is 0.291 e. The highest BCUT2D eigenvalue weighted by Crippen LogP contribution is 2.19. The number of aryl methyl sites for hydroxylation is 1. The Morgan fingerprint density at radius 1 is 1.28 bits per heavy atom. The van der Waals surface area contributed by atoms with Crippen LogP contribution >= 0.6 is 15.9 Å². The number of rotatable bonds is 6. The minimum absolute atomic E-state index is 0.234. The van der Waals surface area contributed by atoms with Crippen LogP contribution in [0.2, 0.25) is 0 Å². The lowest BCUT2D eigenvalue weighted by molar-refractivity contribution is 0.0992. The Bertz CT molecular complexity index is 868. The van der Waals surface area contributed by atoms with E-state index in [0.29, 0.717) is 11.4 Å². The molecule has 0 fully saturated rings. The molecule has 2 heterocycles. The average molecular weight is 404 g/mol. The second kappa shape index (κ2) is 7.57. The second-order valence-electron chi connectivity index (χ2n) is 5.42. The van der Waals surface area contributed by atoms with Gasteiger partial charge in [0.05, 0.1) is 17.6 Å². The zero-order chi connectivity index (χ0) is 17.8. The third kappa shape index (κ3) is 4.11. The van der Waals surface area contributed by atoms with E-state index in [1.807, 2.05) is 42.8 Å². The van der Waals surface area contributed by atoms with Gasteiger partial charge < -0.3 is 14.5 Å². The van der Waals surface area contributed by atoms with Crippen molar-refractivity contribution in [3.63, 3.8) is 0 Å². The molecule has 0 aliphatic carbocycles. The number of benzene rings is 1. The molecule has 130 valence electrons. The molecule has 0 saturated carbocycles. The molecule has 25 heavy (non-hydrogen) atoms. The maximum absolute atomic E-state index is 12.3. The quantitative estimate of drug-likeness (QED) is 0.661. The van der Waals surface area contributed by atoms with Gasteiger partial charge in [0.1, 0.15) is 18.1 Å². The van der Waals surface area contributed by atoms with Crippen molar-refractivity contribution in [2.24, 2.45) is 0 Å². The van der Waals surface area contributed by atoms with E-state index in [9.17, 15) is 4.79 Å². The SMILES string of the molecule is CCn1ncc(NC(=O)c2ccc(COc3ccc(Br)cc3)o2)c1C. The number of nitrogens with one attached hydrogen (secondary N) is 1. The summed E-state index contributed by atoms with van der Waals surface area (Å²) in [5.41, 5.74) is 1.58. The summed E-state index contributed by atoms with van der Waals surface area (Å²) in [6, 6.07) is 10.9. The fourth-order valence-electron chi connectivity index (χ4n) is 2.33. The van der Waals surface area contributed by atoms with Gasteiger partial charge in [0.2, 0.25) is 0 Å². The number of carbonyl (C=O) groups excluding carboxylic acids is 1. The Hall–Kier alpha value is -2.54. The number of aromatic nitrogens is 2. The van der Waals surface area contributed by atoms with Gasteiger partial charge in [0.15, 0.2) is 5.76 Å². The van der Waals surface area contributed by atoms with Gasteiger partial charge >= 0.3 is 0 Å². The first-order chi connectivity index (χ1) is 12.1. The molecular formula is C18H18BrN3O3. The standard InChI is InChI=1S/C18H18BrN3O3/c1-3-22-12(2)16(10-20-22)21-18(23)17-9-8-15(25-17)11-24-14-6-4-13(19)5-7-14/h4-10H,3,11H2,1-2H3,(H,21,23). The Labute approximate surface area is 153 Å². The molecule has 0 bridgehead atoms. The largest absolute Gasteiger partial charge is 0.486 e. The highest BCUT2D eigenvalue weighted by Gasteiger charge is 2.14. The fourth-order valence-corrected chi connectivity index (χ4v) is 2.60. The Morgan fingerprint density at radius 2 is 2.04 bits per heavy atom. The number of anilines is 1. The summed E-state index contributed by atoms with van der Waals surface area (Å²) in [5, 5.41) is 7.02. The van der Waals surface area contributed by atoms with E-state index >= 15 is 0 Å². The van der Waals surface area contributed by atoms with Crippen LogP contribution in [0.3, 0.4) is 0 Å². The van der Waals surface area contributed by atoms with Crippen LogP contribution in [0, 0.1) is 6.92 Å². The number of amides is 1. The average Bonchev–Trinajstić information content (AvgIpc) is 3.22. The molecule has 3 aromatic rings. The first-order valence-corrected chi connectivity index (χ1v) is 8.67. The van der Waals surface area contributed by atoms with Crippen LogP contribution in [0.25, 0.3) is 0 Å². The molecule has 0 aliphatic heterocycles. The molecule has 1 N–H and O–H groups in total. The normalized spacial score (nSPS) is 10.7. The zero-order valence-electron chi connectivity index (χ0n) is 14.0. The topological polar surface area (TPSA) is 69.3 Å². The number of hydrogen-bond acceptors (Lipinski definition) is 4. The van der Waals surface area contributed by atoms with E-state index in [0.717, 1.165) is 22.5 Å². The Balaban J connectivity index is 1.61. The van der Waals surface area contributed by atoms with Crippen LogP contribution in [0.5, 0.6) is 5.75 Å². The molecule has 6 nitrogen and oxygen atoms in total. The second-order valence-corrected chi connectivity index (χ2v) is 6.34. The van der Waals surface area contributed by atoms with Crippen LogP contribution in [0.4, 0.5) is 5.69 Å². The van der Waals surface area contributed by atoms with Crippen LogP contribution in [-0.4, -0.2) is 15.7 Å². The highest BCUT2D eigenvalue weighted by molar-refractivity contribution is 9.10. The van der Waals surface area contributed by atoms with E-state index in [-0.39, 0.29) is 18.3 Å². The lowest BCUT2D eigenvalue weighted by Gasteiger charge is -2.05. The van der Waals surface area contributed by atoms with Gasteiger partial charge in [0, 0.05) is 11.0 Å². The lowest BCUT2D eigenvalue weighted by atomic mass is 10.3. The molecule has 0 aliphatic rings. The summed E-state index contributed by atoms with van der Waals surface area (Å²) in [4.78, 5) is 12.3. The van der Waals surface area contributed by atoms with Crippen molar-refractivity contribution in [2.45, 2.75) is 27.0 Å². The third-order valence-electron chi connectivity index (χ3n) is 3.73. The summed E-state index contributed by atoms with van der Waals surface area (Å²) < 4.78 is 14.0. The molecule has 1 amide bonds. The summed E-state index contributed by atoms with van der Waals surface area (Å²) in [5.74, 6) is 1.23. The molecule has 2 aromatic heterocycles. The summed E-state index contributed by atoms with van der Waals surface area (Å²) >= 11 is 3.37. The van der Waals surface area contributed by atoms with Crippen molar-refractivity contribution in [1.29, 1.82) is 0 Å². The lowest BCUT2D eigenvalue weighted by Crippen LogP contribution is -2.11. The van der Waals surface area contributed by atoms with E-state index in [4.69, 9.17) is 9.15 Å². The van der Waals surface area contributed by atoms with Gasteiger partial charge in [-0.2, -0.15) is 5.10 Å². The molecule has 0 atom stereocenters. The van der Waals surface area contributed by atoms with Crippen molar-refractivity contribution in [1.82, 2.24) is 9.78 Å². The Kier molecular flexibility index (Phi) is 5.23. The molecule has 3 rings (SSSR count). The van der Waals surface area contributed by atoms with E-state index < -0.39 is 0 Å². The number of furan rings is 1. The van der Waals surface area contributed by atoms with Crippen molar-refractivity contribution in [3.8, 4) is 5.75 Å². The molecule has 0 radical (unpaired) electrons. The maximum atomic E-state index is 12.3. The molecule has 0 spiro atoms. The van der Waals surface area contributed by atoms with Crippen molar-refractivity contribution in [3.05, 3.63) is 64.3 Å². The van der Waals surface area contributed by atoms with Gasteiger partial charge in [-0.1, -0.05) is 15.9 Å². The summed E-state index contributed by atoms with van der Waals surface area (Å²) in [6.07, 6.45) is 1.64. The number of nitrogens with zero attached hydrogens (tertiary/aromatic N) is 2. The van der Waals surface area contributed by atoms with Crippen molar-refractivity contribution < 1.29 is 13.9 Å². The van der Waals surface area contributed by atoms with Gasteiger partial charge in [-0.3, -0.25) is 9.48 Å². The van der Waals surface area contributed by atoms with E-state index in [1.54, 1.807) is 18.3 Å². The van der Waals surface area contributed by atoms with Crippen molar-refractivity contribution >= 4 is 27.5 Å². The Morgan fingerprint density at radius 3 is 2.72 bits per heavy atom. The minimum atomic E-state index is -0.311. The van der Waals surface area contributed by atoms with E-state index in [2.05, 4.69) is 26.3 Å². The number of ether oxygens (including phenoxy) is 1. The van der Waals surface area contributed by atoms with Gasteiger partial charge in [-0.25, -0.2) is 0 Å². The van der Waals surface area contributed by atoms with Gasteiger partial charge in [-0.15, -0.1) is 0 Å². The third-order valence-corrected chi connectivity index (χ3v) is 4.26. The minimum Gasteiger partial charge on any atom is -0.486 e. The first-order valence-electron chi connectivity index (χ1n) is 7.87. The number of hydrogen-bond donors (Lipinski definition) is 1. The van der Waals surface area contributed by atoms with Crippen LogP contribution < -0.4 is 10.1 Å². The summed E-state index contributed by atoms with van der Waals surface area (Å²) in [7, 11) is 0. The molecule has 1 aromatic carbocycles.